The quantitative estimate of drug-likeness (QED) is 0.0322. The van der Waals surface area contributed by atoms with Gasteiger partial charge in [-0.15, -0.1) is 0 Å². The molecule has 0 heterocycles. The third kappa shape index (κ3) is 44.4. The molecule has 3 N–H and O–H groups in total. The zero-order chi connectivity index (χ0) is 45.2. The fourth-order valence-electron chi connectivity index (χ4n) is 8.07. The number of nitrogens with one attached hydrogen (secondary N) is 1. The van der Waals surface area contributed by atoms with Gasteiger partial charge >= 0.3 is 5.97 Å². The number of rotatable bonds is 48. The highest BCUT2D eigenvalue weighted by Gasteiger charge is 2.24. The number of aliphatic hydroxyl groups excluding tert-OH is 2. The number of hydrogen-bond donors (Lipinski definition) is 3. The molecule has 6 nitrogen and oxygen atoms in total. The van der Waals surface area contributed by atoms with Crippen molar-refractivity contribution in [1.29, 1.82) is 0 Å². The van der Waals surface area contributed by atoms with Crippen LogP contribution in [0, 0.1) is 0 Å². The average Bonchev–Trinajstić information content (AvgIpc) is 3.26. The van der Waals surface area contributed by atoms with Gasteiger partial charge in [-0.25, -0.2) is 0 Å². The minimum Gasteiger partial charge on any atom is -0.462 e. The van der Waals surface area contributed by atoms with Gasteiger partial charge < -0.3 is 20.3 Å². The predicted molar refractivity (Wildman–Crippen MR) is 269 cm³/mol. The van der Waals surface area contributed by atoms with Crippen molar-refractivity contribution in [3.63, 3.8) is 0 Å². The second-order valence-electron chi connectivity index (χ2n) is 18.3. The smallest absolute Gasteiger partial charge is 0.306 e. The summed E-state index contributed by atoms with van der Waals surface area (Å²) in [5, 5.41) is 23.8. The number of aliphatic hydroxyl groups is 2. The Bertz CT molecular complexity index is 1070. The van der Waals surface area contributed by atoms with E-state index in [0.29, 0.717) is 25.7 Å². The molecule has 0 bridgehead atoms. The highest BCUT2D eigenvalue weighted by Crippen LogP contribution is 2.18. The Morgan fingerprint density at radius 1 is 0.468 bits per heavy atom. The van der Waals surface area contributed by atoms with Gasteiger partial charge in [0.1, 0.15) is 6.10 Å². The van der Waals surface area contributed by atoms with Gasteiger partial charge in [-0.1, -0.05) is 243 Å². The number of carbonyl (C=O) groups excluding carboxylic acids is 2. The van der Waals surface area contributed by atoms with E-state index in [0.717, 1.165) is 64.2 Å². The first-order chi connectivity index (χ1) is 30.5. The van der Waals surface area contributed by atoms with Gasteiger partial charge in [0.25, 0.3) is 0 Å². The van der Waals surface area contributed by atoms with Crippen LogP contribution >= 0.6 is 0 Å². The largest absolute Gasteiger partial charge is 0.462 e. The molecule has 3 atom stereocenters. The van der Waals surface area contributed by atoms with E-state index in [2.05, 4.69) is 74.7 Å². The first-order valence-corrected chi connectivity index (χ1v) is 26.9. The van der Waals surface area contributed by atoms with Gasteiger partial charge in [-0.2, -0.15) is 0 Å². The van der Waals surface area contributed by atoms with Crippen molar-refractivity contribution in [2.45, 2.75) is 289 Å². The molecule has 0 aliphatic rings. The molecule has 0 saturated carbocycles. The molecule has 0 aromatic heterocycles. The van der Waals surface area contributed by atoms with Crippen LogP contribution in [-0.2, 0) is 14.3 Å². The lowest BCUT2D eigenvalue weighted by Crippen LogP contribution is -2.46. The number of unbranched alkanes of at least 4 members (excludes halogenated alkanes) is 28. The van der Waals surface area contributed by atoms with Gasteiger partial charge in [0, 0.05) is 6.42 Å². The molecular weight excluding hydrogens is 767 g/mol. The Morgan fingerprint density at radius 2 is 0.823 bits per heavy atom. The molecule has 0 fully saturated rings. The number of hydrogen-bond acceptors (Lipinski definition) is 5. The second-order valence-corrected chi connectivity index (χ2v) is 18.3. The van der Waals surface area contributed by atoms with Crippen molar-refractivity contribution in [3.05, 3.63) is 48.6 Å². The van der Waals surface area contributed by atoms with Crippen molar-refractivity contribution in [3.8, 4) is 0 Å². The summed E-state index contributed by atoms with van der Waals surface area (Å²) in [6.45, 7) is 6.45. The number of ether oxygens (including phenoxy) is 1. The topological polar surface area (TPSA) is 95.9 Å². The van der Waals surface area contributed by atoms with E-state index in [1.165, 1.54) is 154 Å². The minimum absolute atomic E-state index is 0.0581. The summed E-state index contributed by atoms with van der Waals surface area (Å²) < 4.78 is 5.90. The van der Waals surface area contributed by atoms with Gasteiger partial charge in [0.2, 0.25) is 5.91 Å². The summed E-state index contributed by atoms with van der Waals surface area (Å²) in [5.74, 6) is -0.533. The summed E-state index contributed by atoms with van der Waals surface area (Å²) in [6.07, 6.45) is 60.3. The van der Waals surface area contributed by atoms with Gasteiger partial charge in [0.05, 0.1) is 25.2 Å². The highest BCUT2D eigenvalue weighted by atomic mass is 16.5. The Labute approximate surface area is 385 Å². The maximum absolute atomic E-state index is 13.2. The lowest BCUT2D eigenvalue weighted by Gasteiger charge is -2.24. The molecule has 0 rings (SSSR count). The highest BCUT2D eigenvalue weighted by molar-refractivity contribution is 5.77. The summed E-state index contributed by atoms with van der Waals surface area (Å²) >= 11 is 0. The molecular formula is C56H103NO5. The third-order valence-electron chi connectivity index (χ3n) is 12.2. The summed E-state index contributed by atoms with van der Waals surface area (Å²) in [4.78, 5) is 26.1. The van der Waals surface area contributed by atoms with Crippen LogP contribution in [-0.4, -0.2) is 46.9 Å². The van der Waals surface area contributed by atoms with Crippen molar-refractivity contribution >= 4 is 11.9 Å². The van der Waals surface area contributed by atoms with Gasteiger partial charge in [0.15, 0.2) is 0 Å². The van der Waals surface area contributed by atoms with Crippen LogP contribution in [0.1, 0.15) is 271 Å². The molecule has 6 heteroatoms. The van der Waals surface area contributed by atoms with Crippen molar-refractivity contribution in [2.24, 2.45) is 0 Å². The summed E-state index contributed by atoms with van der Waals surface area (Å²) in [6, 6.07) is -0.710. The van der Waals surface area contributed by atoms with Gasteiger partial charge in [-0.3, -0.25) is 9.59 Å². The van der Waals surface area contributed by atoms with Crippen molar-refractivity contribution in [2.75, 3.05) is 6.61 Å². The van der Waals surface area contributed by atoms with Crippen LogP contribution < -0.4 is 5.32 Å². The Balaban J connectivity index is 4.53. The lowest BCUT2D eigenvalue weighted by molar-refractivity contribution is -0.151. The molecule has 3 unspecified atom stereocenters. The summed E-state index contributed by atoms with van der Waals surface area (Å²) in [7, 11) is 0. The van der Waals surface area contributed by atoms with E-state index in [4.69, 9.17) is 4.74 Å². The van der Waals surface area contributed by atoms with Crippen LogP contribution in [0.3, 0.4) is 0 Å². The Hall–Kier alpha value is -2.18. The average molecular weight is 870 g/mol. The SMILES string of the molecule is CCCCC/C=C\C/C=C\C/C=C\C/C=C\CCCC(=O)OC(CCCCCCCCCCCC)CC(=O)NC(CO)C(O)CCCCCCCCCCCCCCCCCC. The standard InChI is InChI=1S/C56H103NO5/c1-4-7-10-13-16-19-22-24-26-28-30-32-34-37-40-43-46-49-56(61)62-52(47-44-41-38-35-21-18-15-12-9-6-3)50-55(60)57-53(51-58)54(59)48-45-42-39-36-33-31-29-27-25-23-20-17-14-11-8-5-2/h16,19,24,26,30,32,37,40,52-54,58-59H,4-15,17-18,20-23,25,27-29,31,33-36,38-39,41-51H2,1-3H3,(H,57,60)/b19-16-,26-24-,32-30-,40-37-. The van der Waals surface area contributed by atoms with E-state index in [1.807, 2.05) is 0 Å². The lowest BCUT2D eigenvalue weighted by atomic mass is 10.0. The van der Waals surface area contributed by atoms with Gasteiger partial charge in [-0.05, 0) is 64.2 Å². The van der Waals surface area contributed by atoms with Crippen LogP contribution in [0.25, 0.3) is 0 Å². The zero-order valence-electron chi connectivity index (χ0n) is 41.3. The number of amides is 1. The molecule has 0 spiro atoms. The fraction of sp³-hybridized carbons (Fsp3) is 0.821. The Kier molecular flexibility index (Phi) is 48.1. The predicted octanol–water partition coefficient (Wildman–Crippen LogP) is 16.2. The molecule has 0 aromatic carbocycles. The van der Waals surface area contributed by atoms with Crippen molar-refractivity contribution < 1.29 is 24.5 Å². The van der Waals surface area contributed by atoms with E-state index in [-0.39, 0.29) is 24.9 Å². The van der Waals surface area contributed by atoms with Crippen LogP contribution in [0.2, 0.25) is 0 Å². The molecule has 0 aliphatic heterocycles. The van der Waals surface area contributed by atoms with Crippen LogP contribution in [0.5, 0.6) is 0 Å². The van der Waals surface area contributed by atoms with E-state index in [1.54, 1.807) is 0 Å². The second kappa shape index (κ2) is 49.8. The monoisotopic (exact) mass is 870 g/mol. The summed E-state index contributed by atoms with van der Waals surface area (Å²) in [5.41, 5.74) is 0. The fourth-order valence-corrected chi connectivity index (χ4v) is 8.07. The molecule has 362 valence electrons. The van der Waals surface area contributed by atoms with Crippen molar-refractivity contribution in [1.82, 2.24) is 5.32 Å². The first-order valence-electron chi connectivity index (χ1n) is 26.9. The number of esters is 1. The van der Waals surface area contributed by atoms with E-state index in [9.17, 15) is 19.8 Å². The van der Waals surface area contributed by atoms with E-state index < -0.39 is 18.2 Å². The molecule has 1 amide bonds. The maximum atomic E-state index is 13.2. The number of carbonyl (C=O) groups is 2. The molecule has 62 heavy (non-hydrogen) atoms. The molecule has 0 aliphatic carbocycles. The third-order valence-corrected chi connectivity index (χ3v) is 12.2. The molecule has 0 saturated heterocycles. The zero-order valence-corrected chi connectivity index (χ0v) is 41.3. The van der Waals surface area contributed by atoms with Crippen LogP contribution in [0.15, 0.2) is 48.6 Å². The molecule has 0 radical (unpaired) electrons. The normalized spacial score (nSPS) is 13.6. The Morgan fingerprint density at radius 3 is 1.24 bits per heavy atom. The first kappa shape index (κ1) is 59.8. The minimum atomic E-state index is -0.795. The van der Waals surface area contributed by atoms with Crippen LogP contribution in [0.4, 0.5) is 0 Å². The number of allylic oxidation sites excluding steroid dienone is 8. The van der Waals surface area contributed by atoms with E-state index >= 15 is 0 Å². The maximum Gasteiger partial charge on any atom is 0.306 e. The molecule has 0 aromatic rings.